The van der Waals surface area contributed by atoms with Crippen LogP contribution in [-0.2, 0) is 0 Å². The molecule has 0 saturated heterocycles. The largest absolute Gasteiger partial charge is 0.310 e. The van der Waals surface area contributed by atoms with Crippen LogP contribution < -0.4 is 4.90 Å². The predicted octanol–water partition coefficient (Wildman–Crippen LogP) is 14.2. The highest BCUT2D eigenvalue weighted by Crippen LogP contribution is 2.42. The van der Waals surface area contributed by atoms with Gasteiger partial charge in [-0.1, -0.05) is 146 Å². The van der Waals surface area contributed by atoms with Crippen LogP contribution in [0.5, 0.6) is 0 Å². The van der Waals surface area contributed by atoms with Crippen LogP contribution in [-0.4, -0.2) is 0 Å². The van der Waals surface area contributed by atoms with Gasteiger partial charge in [0.25, 0.3) is 0 Å². The number of benzene rings is 8. The summed E-state index contributed by atoms with van der Waals surface area (Å²) in [4.78, 5) is 2.37. The van der Waals surface area contributed by atoms with Crippen molar-refractivity contribution in [1.29, 1.82) is 0 Å². The SMILES string of the molecule is c1ccc(-c2ccc(N(c3ccc(-c4ccc(-c5ccccc5)c(-c5ccccc5)c4)cc3)c3ccc4sc5ccccc5c4c3)cc2)cc1. The Hall–Kier alpha value is -6.22. The molecular formula is C48H33NS. The number of hydrogen-bond donors (Lipinski definition) is 0. The Bertz CT molecular complexity index is 2550. The molecule has 0 aliphatic rings. The lowest BCUT2D eigenvalue weighted by molar-refractivity contribution is 1.29. The average molecular weight is 656 g/mol. The van der Waals surface area contributed by atoms with Gasteiger partial charge in [-0.25, -0.2) is 0 Å². The van der Waals surface area contributed by atoms with Gasteiger partial charge in [-0.2, -0.15) is 0 Å². The zero-order valence-electron chi connectivity index (χ0n) is 27.4. The van der Waals surface area contributed by atoms with E-state index >= 15 is 0 Å². The average Bonchev–Trinajstić information content (AvgIpc) is 3.57. The molecule has 0 spiro atoms. The fourth-order valence-corrected chi connectivity index (χ4v) is 8.07. The van der Waals surface area contributed by atoms with Crippen molar-refractivity contribution in [3.05, 3.63) is 200 Å². The van der Waals surface area contributed by atoms with Gasteiger partial charge in [0.2, 0.25) is 0 Å². The molecule has 1 nitrogen and oxygen atoms in total. The second-order valence-corrected chi connectivity index (χ2v) is 13.7. The van der Waals surface area contributed by atoms with E-state index in [0.717, 1.165) is 17.1 Å². The quantitative estimate of drug-likeness (QED) is 0.165. The van der Waals surface area contributed by atoms with Crippen molar-refractivity contribution in [1.82, 2.24) is 0 Å². The Labute approximate surface area is 297 Å². The summed E-state index contributed by atoms with van der Waals surface area (Å²) in [6, 6.07) is 72.3. The molecule has 0 unspecified atom stereocenters. The Kier molecular flexibility index (Phi) is 7.77. The molecule has 9 aromatic rings. The molecule has 0 atom stereocenters. The second-order valence-electron chi connectivity index (χ2n) is 12.6. The molecule has 0 aliphatic heterocycles. The third kappa shape index (κ3) is 5.66. The van der Waals surface area contributed by atoms with E-state index in [0.29, 0.717) is 0 Å². The molecule has 0 amide bonds. The summed E-state index contributed by atoms with van der Waals surface area (Å²) in [5, 5.41) is 2.59. The molecule has 0 N–H and O–H groups in total. The Morgan fingerprint density at radius 1 is 0.280 bits per heavy atom. The van der Waals surface area contributed by atoms with Crippen LogP contribution in [0.1, 0.15) is 0 Å². The van der Waals surface area contributed by atoms with Crippen molar-refractivity contribution in [3.63, 3.8) is 0 Å². The summed E-state index contributed by atoms with van der Waals surface area (Å²) >= 11 is 1.85. The van der Waals surface area contributed by atoms with E-state index in [-0.39, 0.29) is 0 Å². The minimum Gasteiger partial charge on any atom is -0.310 e. The molecule has 0 aliphatic carbocycles. The number of nitrogens with zero attached hydrogens (tertiary/aromatic N) is 1. The van der Waals surface area contributed by atoms with E-state index in [1.807, 2.05) is 11.3 Å². The van der Waals surface area contributed by atoms with Crippen LogP contribution in [0.15, 0.2) is 200 Å². The summed E-state index contributed by atoms with van der Waals surface area (Å²) in [5.74, 6) is 0. The van der Waals surface area contributed by atoms with Gasteiger partial charge < -0.3 is 4.90 Å². The molecule has 0 fully saturated rings. The van der Waals surface area contributed by atoms with E-state index in [1.54, 1.807) is 0 Å². The topological polar surface area (TPSA) is 3.24 Å². The highest BCUT2D eigenvalue weighted by Gasteiger charge is 2.16. The van der Waals surface area contributed by atoms with Gasteiger partial charge >= 0.3 is 0 Å². The molecular weight excluding hydrogens is 623 g/mol. The maximum atomic E-state index is 2.37. The van der Waals surface area contributed by atoms with Gasteiger partial charge in [0.15, 0.2) is 0 Å². The molecule has 0 bridgehead atoms. The van der Waals surface area contributed by atoms with Crippen LogP contribution >= 0.6 is 11.3 Å². The zero-order valence-corrected chi connectivity index (χ0v) is 28.2. The lowest BCUT2D eigenvalue weighted by Crippen LogP contribution is -2.09. The van der Waals surface area contributed by atoms with Crippen LogP contribution in [0.4, 0.5) is 17.1 Å². The summed E-state index contributed by atoms with van der Waals surface area (Å²) in [6.45, 7) is 0. The number of fused-ring (bicyclic) bond motifs is 3. The van der Waals surface area contributed by atoms with Crippen molar-refractivity contribution < 1.29 is 0 Å². The number of thiophene rings is 1. The molecule has 8 aromatic carbocycles. The summed E-state index contributed by atoms with van der Waals surface area (Å²) in [6.07, 6.45) is 0. The molecule has 0 radical (unpaired) electrons. The van der Waals surface area contributed by atoms with Crippen LogP contribution in [0.25, 0.3) is 64.7 Å². The van der Waals surface area contributed by atoms with Gasteiger partial charge in [0.05, 0.1) is 0 Å². The fraction of sp³-hybridized carbons (Fsp3) is 0. The zero-order chi connectivity index (χ0) is 33.3. The van der Waals surface area contributed by atoms with Gasteiger partial charge in [-0.3, -0.25) is 0 Å². The molecule has 236 valence electrons. The summed E-state index contributed by atoms with van der Waals surface area (Å²) < 4.78 is 2.62. The first kappa shape index (κ1) is 29.9. The third-order valence-electron chi connectivity index (χ3n) is 9.50. The van der Waals surface area contributed by atoms with E-state index in [1.165, 1.54) is 64.7 Å². The van der Waals surface area contributed by atoms with Crippen LogP contribution in [0, 0.1) is 0 Å². The van der Waals surface area contributed by atoms with Crippen molar-refractivity contribution in [2.75, 3.05) is 4.90 Å². The standard InChI is InChI=1S/C48H33NS/c1-4-12-34(13-5-1)35-20-25-40(26-21-35)49(42-29-31-48-46(33-42)44-18-10-11-19-47(44)50-48)41-27-22-36(23-28-41)39-24-30-43(37-14-6-2-7-15-37)45(32-39)38-16-8-3-9-17-38/h1-33H. The minimum atomic E-state index is 1.12. The normalized spacial score (nSPS) is 11.2. The van der Waals surface area contributed by atoms with Crippen molar-refractivity contribution in [2.24, 2.45) is 0 Å². The van der Waals surface area contributed by atoms with Gasteiger partial charge in [0, 0.05) is 37.2 Å². The van der Waals surface area contributed by atoms with Gasteiger partial charge in [-0.05, 0) is 99.1 Å². The van der Waals surface area contributed by atoms with Gasteiger partial charge in [0.1, 0.15) is 0 Å². The Balaban J connectivity index is 1.13. The number of rotatable bonds is 7. The highest BCUT2D eigenvalue weighted by atomic mass is 32.1. The highest BCUT2D eigenvalue weighted by molar-refractivity contribution is 7.25. The van der Waals surface area contributed by atoms with E-state index in [4.69, 9.17) is 0 Å². The first-order chi connectivity index (χ1) is 24.8. The van der Waals surface area contributed by atoms with E-state index in [9.17, 15) is 0 Å². The van der Waals surface area contributed by atoms with Crippen molar-refractivity contribution >= 4 is 48.6 Å². The second kappa shape index (κ2) is 13.0. The molecule has 0 saturated carbocycles. The first-order valence-corrected chi connectivity index (χ1v) is 17.8. The molecule has 9 rings (SSSR count). The van der Waals surface area contributed by atoms with Crippen LogP contribution in [0.3, 0.4) is 0 Å². The third-order valence-corrected chi connectivity index (χ3v) is 10.7. The molecule has 1 aromatic heterocycles. The maximum absolute atomic E-state index is 2.37. The van der Waals surface area contributed by atoms with E-state index < -0.39 is 0 Å². The van der Waals surface area contributed by atoms with E-state index in [2.05, 4.69) is 205 Å². The predicted molar refractivity (Wildman–Crippen MR) is 216 cm³/mol. The Morgan fingerprint density at radius 3 is 1.38 bits per heavy atom. The molecule has 1 heterocycles. The smallest absolute Gasteiger partial charge is 0.0468 e. The lowest BCUT2D eigenvalue weighted by Gasteiger charge is -2.26. The van der Waals surface area contributed by atoms with Gasteiger partial charge in [-0.15, -0.1) is 11.3 Å². The van der Waals surface area contributed by atoms with Crippen molar-refractivity contribution in [2.45, 2.75) is 0 Å². The monoisotopic (exact) mass is 655 g/mol. The number of hydrogen-bond acceptors (Lipinski definition) is 2. The molecule has 50 heavy (non-hydrogen) atoms. The lowest BCUT2D eigenvalue weighted by atomic mass is 9.91. The number of anilines is 3. The summed E-state index contributed by atoms with van der Waals surface area (Å²) in [5.41, 5.74) is 13.1. The fourth-order valence-electron chi connectivity index (χ4n) is 6.99. The minimum absolute atomic E-state index is 1.12. The van der Waals surface area contributed by atoms with Crippen LogP contribution in [0.2, 0.25) is 0 Å². The Morgan fingerprint density at radius 2 is 0.740 bits per heavy atom. The van der Waals surface area contributed by atoms with Crippen molar-refractivity contribution in [3.8, 4) is 44.5 Å². The first-order valence-electron chi connectivity index (χ1n) is 17.0. The molecule has 2 heteroatoms. The maximum Gasteiger partial charge on any atom is 0.0468 e. The summed E-state index contributed by atoms with van der Waals surface area (Å²) in [7, 11) is 0.